The maximum Gasteiger partial charge on any atom is 0.272 e. The summed E-state index contributed by atoms with van der Waals surface area (Å²) >= 11 is 1.09. The maximum atomic E-state index is 12.6. The number of aromatic nitrogens is 3. The van der Waals surface area contributed by atoms with Crippen molar-refractivity contribution in [3.05, 3.63) is 57.8 Å². The van der Waals surface area contributed by atoms with E-state index in [-0.39, 0.29) is 9.77 Å². The first-order valence-electron chi connectivity index (χ1n) is 7.52. The number of sulfonamides is 1. The summed E-state index contributed by atoms with van der Waals surface area (Å²) in [7, 11) is -3.74. The van der Waals surface area contributed by atoms with Crippen LogP contribution in [0.4, 0.5) is 5.82 Å². The molecule has 0 aliphatic heterocycles. The SMILES string of the molecule is CCn1nc(-c2csc(S(=O)(=O)Nc3ncccc3C)c2)ccc1=O. The van der Waals surface area contributed by atoms with Crippen molar-refractivity contribution < 1.29 is 8.42 Å². The van der Waals surface area contributed by atoms with Crippen LogP contribution in [-0.4, -0.2) is 23.2 Å². The first-order valence-corrected chi connectivity index (χ1v) is 9.88. The van der Waals surface area contributed by atoms with Gasteiger partial charge in [-0.2, -0.15) is 5.10 Å². The minimum atomic E-state index is -3.74. The summed E-state index contributed by atoms with van der Waals surface area (Å²) in [5, 5.41) is 5.94. The normalized spacial score (nSPS) is 11.4. The number of pyridine rings is 1. The van der Waals surface area contributed by atoms with E-state index >= 15 is 0 Å². The zero-order chi connectivity index (χ0) is 18.0. The Hall–Kier alpha value is -2.52. The summed E-state index contributed by atoms with van der Waals surface area (Å²) < 4.78 is 29.1. The first kappa shape index (κ1) is 17.3. The van der Waals surface area contributed by atoms with Crippen LogP contribution in [0.1, 0.15) is 12.5 Å². The highest BCUT2D eigenvalue weighted by Gasteiger charge is 2.19. The molecule has 0 saturated heterocycles. The quantitative estimate of drug-likeness (QED) is 0.738. The van der Waals surface area contributed by atoms with E-state index in [2.05, 4.69) is 14.8 Å². The van der Waals surface area contributed by atoms with Gasteiger partial charge in [-0.3, -0.25) is 9.52 Å². The second-order valence-corrected chi connectivity index (χ2v) is 8.12. The Labute approximate surface area is 149 Å². The molecule has 0 aliphatic carbocycles. The van der Waals surface area contributed by atoms with E-state index in [1.54, 1.807) is 30.5 Å². The van der Waals surface area contributed by atoms with Crippen molar-refractivity contribution in [2.45, 2.75) is 24.6 Å². The van der Waals surface area contributed by atoms with E-state index < -0.39 is 10.0 Å². The molecule has 0 spiro atoms. The number of hydrogen-bond donors (Lipinski definition) is 1. The van der Waals surface area contributed by atoms with Crippen LogP contribution in [0.3, 0.4) is 0 Å². The van der Waals surface area contributed by atoms with Crippen molar-refractivity contribution in [2.75, 3.05) is 4.72 Å². The fraction of sp³-hybridized carbons (Fsp3) is 0.188. The first-order chi connectivity index (χ1) is 11.9. The maximum absolute atomic E-state index is 12.6. The summed E-state index contributed by atoms with van der Waals surface area (Å²) in [6.45, 7) is 4.05. The molecule has 3 rings (SSSR count). The zero-order valence-electron chi connectivity index (χ0n) is 13.6. The topological polar surface area (TPSA) is 93.9 Å². The zero-order valence-corrected chi connectivity index (χ0v) is 15.3. The second-order valence-electron chi connectivity index (χ2n) is 5.30. The van der Waals surface area contributed by atoms with Crippen LogP contribution in [-0.2, 0) is 16.6 Å². The lowest BCUT2D eigenvalue weighted by Crippen LogP contribution is -2.20. The number of aryl methyl sites for hydroxylation is 2. The molecule has 0 amide bonds. The highest BCUT2D eigenvalue weighted by molar-refractivity contribution is 7.94. The van der Waals surface area contributed by atoms with Crippen molar-refractivity contribution in [1.29, 1.82) is 0 Å². The molecule has 0 aliphatic rings. The smallest absolute Gasteiger partial charge is 0.268 e. The Balaban J connectivity index is 1.93. The average molecular weight is 376 g/mol. The van der Waals surface area contributed by atoms with Gasteiger partial charge in [-0.25, -0.2) is 18.1 Å². The molecule has 9 heteroatoms. The van der Waals surface area contributed by atoms with Gasteiger partial charge in [-0.05, 0) is 37.6 Å². The Kier molecular flexibility index (Phi) is 4.69. The van der Waals surface area contributed by atoms with Crippen LogP contribution in [0.2, 0.25) is 0 Å². The number of hydrogen-bond acceptors (Lipinski definition) is 6. The number of rotatable bonds is 5. The summed E-state index contributed by atoms with van der Waals surface area (Å²) in [6.07, 6.45) is 1.53. The van der Waals surface area contributed by atoms with Crippen LogP contribution in [0.15, 0.2) is 50.9 Å². The molecule has 25 heavy (non-hydrogen) atoms. The van der Waals surface area contributed by atoms with Gasteiger partial charge in [-0.1, -0.05) is 6.07 Å². The number of nitrogens with zero attached hydrogens (tertiary/aromatic N) is 3. The van der Waals surface area contributed by atoms with Crippen LogP contribution in [0.25, 0.3) is 11.3 Å². The Morgan fingerprint density at radius 1 is 1.28 bits per heavy atom. The molecule has 0 unspecified atom stereocenters. The van der Waals surface area contributed by atoms with Gasteiger partial charge in [0, 0.05) is 29.8 Å². The summed E-state index contributed by atoms with van der Waals surface area (Å²) in [6, 6.07) is 8.07. The predicted octanol–water partition coefficient (Wildman–Crippen LogP) is 2.50. The highest BCUT2D eigenvalue weighted by atomic mass is 32.2. The molecule has 0 saturated carbocycles. The Bertz CT molecular complexity index is 1070. The van der Waals surface area contributed by atoms with E-state index in [1.807, 2.05) is 6.92 Å². The molecule has 0 bridgehead atoms. The number of nitrogens with one attached hydrogen (secondary N) is 1. The van der Waals surface area contributed by atoms with Crippen LogP contribution in [0, 0.1) is 6.92 Å². The summed E-state index contributed by atoms with van der Waals surface area (Å²) in [5.74, 6) is 0.301. The van der Waals surface area contributed by atoms with E-state index in [9.17, 15) is 13.2 Å². The van der Waals surface area contributed by atoms with Gasteiger partial charge in [0.1, 0.15) is 10.0 Å². The molecule has 3 heterocycles. The fourth-order valence-corrected chi connectivity index (χ4v) is 4.45. The minimum absolute atomic E-state index is 0.156. The third-order valence-electron chi connectivity index (χ3n) is 3.54. The van der Waals surface area contributed by atoms with Crippen molar-refractivity contribution in [1.82, 2.24) is 14.8 Å². The van der Waals surface area contributed by atoms with Gasteiger partial charge in [0.25, 0.3) is 15.6 Å². The Morgan fingerprint density at radius 3 is 2.80 bits per heavy atom. The van der Waals surface area contributed by atoms with Gasteiger partial charge >= 0.3 is 0 Å². The molecule has 0 atom stereocenters. The molecule has 1 N–H and O–H groups in total. The van der Waals surface area contributed by atoms with Crippen molar-refractivity contribution >= 4 is 27.2 Å². The van der Waals surface area contributed by atoms with E-state index in [1.165, 1.54) is 23.0 Å². The minimum Gasteiger partial charge on any atom is -0.268 e. The third-order valence-corrected chi connectivity index (χ3v) is 6.32. The van der Waals surface area contributed by atoms with Gasteiger partial charge in [-0.15, -0.1) is 11.3 Å². The fourth-order valence-electron chi connectivity index (χ4n) is 2.19. The van der Waals surface area contributed by atoms with E-state index in [4.69, 9.17) is 0 Å². The van der Waals surface area contributed by atoms with Crippen molar-refractivity contribution in [2.24, 2.45) is 0 Å². The average Bonchev–Trinajstić information content (AvgIpc) is 3.08. The molecule has 0 aromatic carbocycles. The molecular weight excluding hydrogens is 360 g/mol. The van der Waals surface area contributed by atoms with Crippen LogP contribution in [0.5, 0.6) is 0 Å². The van der Waals surface area contributed by atoms with Crippen molar-refractivity contribution in [3.8, 4) is 11.3 Å². The molecule has 0 radical (unpaired) electrons. The van der Waals surface area contributed by atoms with Gasteiger partial charge in [0.2, 0.25) is 0 Å². The van der Waals surface area contributed by atoms with E-state index in [0.717, 1.165) is 16.9 Å². The van der Waals surface area contributed by atoms with Gasteiger partial charge in [0.05, 0.1) is 5.69 Å². The summed E-state index contributed by atoms with van der Waals surface area (Å²) in [4.78, 5) is 15.7. The predicted molar refractivity (Wildman–Crippen MR) is 97.3 cm³/mol. The number of thiophene rings is 1. The monoisotopic (exact) mass is 376 g/mol. The van der Waals surface area contributed by atoms with Crippen LogP contribution >= 0.6 is 11.3 Å². The standard InChI is InChI=1S/C16H16N4O3S2/c1-3-20-14(21)7-6-13(18-20)12-9-15(24-10-12)25(22,23)19-16-11(2)5-4-8-17-16/h4-10H,3H2,1-2H3,(H,17,19). The Morgan fingerprint density at radius 2 is 2.08 bits per heavy atom. The van der Waals surface area contributed by atoms with Crippen molar-refractivity contribution in [3.63, 3.8) is 0 Å². The van der Waals surface area contributed by atoms with Crippen LogP contribution < -0.4 is 10.3 Å². The number of anilines is 1. The summed E-state index contributed by atoms with van der Waals surface area (Å²) in [5.41, 5.74) is 1.74. The lowest BCUT2D eigenvalue weighted by atomic mass is 10.2. The largest absolute Gasteiger partial charge is 0.272 e. The molecule has 3 aromatic rings. The molecular formula is C16H16N4O3S2. The van der Waals surface area contributed by atoms with Gasteiger partial charge < -0.3 is 0 Å². The highest BCUT2D eigenvalue weighted by Crippen LogP contribution is 2.28. The van der Waals surface area contributed by atoms with Gasteiger partial charge in [0.15, 0.2) is 0 Å². The second kappa shape index (κ2) is 6.77. The lowest BCUT2D eigenvalue weighted by Gasteiger charge is -2.07. The third kappa shape index (κ3) is 3.62. The van der Waals surface area contributed by atoms with E-state index in [0.29, 0.717) is 23.6 Å². The molecule has 130 valence electrons. The molecule has 0 fully saturated rings. The molecule has 3 aromatic heterocycles. The molecule has 7 nitrogen and oxygen atoms in total. The lowest BCUT2D eigenvalue weighted by molar-refractivity contribution is 0.603.